The molecule has 1 rings (SSSR count). The van der Waals surface area contributed by atoms with E-state index in [-0.39, 0.29) is 11.9 Å². The Balaban J connectivity index is 2.85. The minimum absolute atomic E-state index is 0.258. The van der Waals surface area contributed by atoms with Gasteiger partial charge in [0.2, 0.25) is 0 Å². The molecule has 0 saturated heterocycles. The number of unbranched alkanes of at least 4 members (excludes halogenated alkanes) is 1. The first-order chi connectivity index (χ1) is 12.6. The van der Waals surface area contributed by atoms with Gasteiger partial charge in [0.25, 0.3) is 0 Å². The van der Waals surface area contributed by atoms with Crippen molar-refractivity contribution in [2.24, 2.45) is 0 Å². The van der Waals surface area contributed by atoms with Crippen LogP contribution in [0.15, 0.2) is 43.0 Å². The molecule has 0 fully saturated rings. The molecule has 5 nitrogen and oxygen atoms in total. The van der Waals surface area contributed by atoms with Crippen molar-refractivity contribution in [3.63, 3.8) is 0 Å². The van der Waals surface area contributed by atoms with Gasteiger partial charge in [0.05, 0.1) is 13.7 Å². The SMILES string of the molecule is C=CCN(Cc1ccccc1)C(C#CCCCC(=O)OC)C(=O)OCC. The summed E-state index contributed by atoms with van der Waals surface area (Å²) in [4.78, 5) is 25.5. The van der Waals surface area contributed by atoms with Gasteiger partial charge >= 0.3 is 11.9 Å². The lowest BCUT2D eigenvalue weighted by Gasteiger charge is -2.25. The first-order valence-corrected chi connectivity index (χ1v) is 8.73. The third-order valence-electron chi connectivity index (χ3n) is 3.62. The number of methoxy groups -OCH3 is 1. The molecule has 1 atom stereocenters. The van der Waals surface area contributed by atoms with Crippen molar-refractivity contribution in [3.8, 4) is 11.8 Å². The average Bonchev–Trinajstić information content (AvgIpc) is 2.65. The first kappa shape index (κ1) is 21.5. The first-order valence-electron chi connectivity index (χ1n) is 8.73. The lowest BCUT2D eigenvalue weighted by molar-refractivity contribution is -0.147. The van der Waals surface area contributed by atoms with Gasteiger partial charge in [-0.05, 0) is 18.9 Å². The fourth-order valence-corrected chi connectivity index (χ4v) is 2.36. The van der Waals surface area contributed by atoms with E-state index in [1.807, 2.05) is 35.2 Å². The summed E-state index contributed by atoms with van der Waals surface area (Å²) in [7, 11) is 1.36. The molecule has 1 aromatic carbocycles. The van der Waals surface area contributed by atoms with Crippen LogP contribution in [0.4, 0.5) is 0 Å². The Labute approximate surface area is 156 Å². The number of carbonyl (C=O) groups excluding carboxylic acids is 2. The lowest BCUT2D eigenvalue weighted by Crippen LogP contribution is -2.41. The number of benzene rings is 1. The van der Waals surface area contributed by atoms with E-state index in [0.717, 1.165) is 5.56 Å². The number of hydrogen-bond donors (Lipinski definition) is 0. The van der Waals surface area contributed by atoms with Crippen LogP contribution in [0.25, 0.3) is 0 Å². The van der Waals surface area contributed by atoms with Crippen molar-refractivity contribution in [1.82, 2.24) is 4.90 Å². The molecule has 0 aliphatic rings. The molecule has 0 bridgehead atoms. The maximum absolute atomic E-state index is 12.4. The van der Waals surface area contributed by atoms with Crippen LogP contribution in [-0.2, 0) is 25.6 Å². The number of hydrogen-bond acceptors (Lipinski definition) is 5. The molecule has 0 aliphatic carbocycles. The van der Waals surface area contributed by atoms with Crippen LogP contribution >= 0.6 is 0 Å². The molecule has 0 saturated carbocycles. The van der Waals surface area contributed by atoms with Crippen LogP contribution in [0.2, 0.25) is 0 Å². The third kappa shape index (κ3) is 8.00. The van der Waals surface area contributed by atoms with Gasteiger partial charge in [-0.15, -0.1) is 12.5 Å². The molecule has 1 aromatic rings. The maximum atomic E-state index is 12.4. The average molecular weight is 357 g/mol. The molecule has 26 heavy (non-hydrogen) atoms. The Hall–Kier alpha value is -2.58. The molecular weight excluding hydrogens is 330 g/mol. The molecule has 0 radical (unpaired) electrons. The van der Waals surface area contributed by atoms with E-state index in [4.69, 9.17) is 4.74 Å². The second-order valence-corrected chi connectivity index (χ2v) is 5.61. The highest BCUT2D eigenvalue weighted by Gasteiger charge is 2.24. The second kappa shape index (κ2) is 12.7. The molecule has 140 valence electrons. The normalized spacial score (nSPS) is 11.2. The summed E-state index contributed by atoms with van der Waals surface area (Å²) in [6, 6.07) is 9.19. The molecule has 5 heteroatoms. The van der Waals surface area contributed by atoms with Gasteiger partial charge in [-0.3, -0.25) is 9.69 Å². The van der Waals surface area contributed by atoms with Gasteiger partial charge in [-0.2, -0.15) is 0 Å². The second-order valence-electron chi connectivity index (χ2n) is 5.61. The lowest BCUT2D eigenvalue weighted by atomic mass is 10.1. The maximum Gasteiger partial charge on any atom is 0.335 e. The van der Waals surface area contributed by atoms with Gasteiger partial charge < -0.3 is 9.47 Å². The van der Waals surface area contributed by atoms with E-state index < -0.39 is 6.04 Å². The summed E-state index contributed by atoms with van der Waals surface area (Å²) in [5.41, 5.74) is 1.08. The quantitative estimate of drug-likeness (QED) is 0.279. The van der Waals surface area contributed by atoms with E-state index in [1.54, 1.807) is 13.0 Å². The molecule has 0 heterocycles. The molecule has 0 amide bonds. The zero-order valence-electron chi connectivity index (χ0n) is 15.6. The molecule has 1 unspecified atom stereocenters. The molecular formula is C21H27NO4. The number of rotatable bonds is 10. The predicted molar refractivity (Wildman–Crippen MR) is 101 cm³/mol. The Morgan fingerprint density at radius 2 is 2.04 bits per heavy atom. The van der Waals surface area contributed by atoms with Gasteiger partial charge in [-0.25, -0.2) is 4.79 Å². The van der Waals surface area contributed by atoms with Gasteiger partial charge in [0, 0.05) is 25.9 Å². The summed E-state index contributed by atoms with van der Waals surface area (Å²) in [6.45, 7) is 6.92. The Kier molecular flexibility index (Phi) is 10.5. The van der Waals surface area contributed by atoms with Crippen LogP contribution in [-0.4, -0.2) is 43.1 Å². The molecule has 0 aromatic heterocycles. The minimum atomic E-state index is -0.675. The number of carbonyl (C=O) groups is 2. The fraction of sp³-hybridized carbons (Fsp3) is 0.429. The van der Waals surface area contributed by atoms with Crippen LogP contribution in [0.1, 0.15) is 31.7 Å². The zero-order chi connectivity index (χ0) is 19.2. The van der Waals surface area contributed by atoms with Crippen molar-refractivity contribution < 1.29 is 19.1 Å². The highest BCUT2D eigenvalue weighted by molar-refractivity contribution is 5.79. The van der Waals surface area contributed by atoms with Crippen LogP contribution in [0, 0.1) is 11.8 Å². The fourth-order valence-electron chi connectivity index (χ4n) is 2.36. The summed E-state index contributed by atoms with van der Waals surface area (Å²) < 4.78 is 9.79. The van der Waals surface area contributed by atoms with Crippen molar-refractivity contribution in [2.45, 2.75) is 38.8 Å². The smallest absolute Gasteiger partial charge is 0.335 e. The number of esters is 2. The monoisotopic (exact) mass is 357 g/mol. The summed E-state index contributed by atoms with van der Waals surface area (Å²) >= 11 is 0. The molecule has 0 spiro atoms. The van der Waals surface area contributed by atoms with Crippen LogP contribution in [0.5, 0.6) is 0 Å². The van der Waals surface area contributed by atoms with Gasteiger partial charge in [0.15, 0.2) is 6.04 Å². The highest BCUT2D eigenvalue weighted by atomic mass is 16.5. The van der Waals surface area contributed by atoms with Gasteiger partial charge in [-0.1, -0.05) is 42.3 Å². The summed E-state index contributed by atoms with van der Waals surface area (Å²) in [6.07, 6.45) is 3.16. The van der Waals surface area contributed by atoms with Crippen LogP contribution < -0.4 is 0 Å². The van der Waals surface area contributed by atoms with E-state index in [1.165, 1.54) is 7.11 Å². The van der Waals surface area contributed by atoms with Gasteiger partial charge in [0.1, 0.15) is 0 Å². The van der Waals surface area contributed by atoms with Crippen LogP contribution in [0.3, 0.4) is 0 Å². The number of nitrogens with zero attached hydrogens (tertiary/aromatic N) is 1. The van der Waals surface area contributed by atoms with Crippen molar-refractivity contribution in [3.05, 3.63) is 48.6 Å². The Morgan fingerprint density at radius 3 is 2.65 bits per heavy atom. The van der Waals surface area contributed by atoms with Crippen molar-refractivity contribution >= 4 is 11.9 Å². The van der Waals surface area contributed by atoms with E-state index in [0.29, 0.717) is 39.0 Å². The summed E-state index contributed by atoms with van der Waals surface area (Å²) in [5.74, 6) is 5.37. The minimum Gasteiger partial charge on any atom is -0.469 e. The topological polar surface area (TPSA) is 55.8 Å². The highest BCUT2D eigenvalue weighted by Crippen LogP contribution is 2.10. The van der Waals surface area contributed by atoms with Crippen molar-refractivity contribution in [1.29, 1.82) is 0 Å². The Morgan fingerprint density at radius 1 is 1.31 bits per heavy atom. The standard InChI is InChI=1S/C21H27NO4/c1-4-16-22(17-18-12-8-6-9-13-18)19(21(24)26-5-2)14-10-7-11-15-20(23)25-3/h4,6,8-9,12-13,19H,1,5,7,11,15-17H2,2-3H3. The van der Waals surface area contributed by atoms with E-state index in [9.17, 15) is 9.59 Å². The molecule has 0 aliphatic heterocycles. The Bertz CT molecular complexity index is 630. The third-order valence-corrected chi connectivity index (χ3v) is 3.62. The predicted octanol–water partition coefficient (Wildman–Crippen LogP) is 2.95. The molecule has 0 N–H and O–H groups in total. The number of ether oxygens (including phenoxy) is 2. The van der Waals surface area contributed by atoms with E-state index in [2.05, 4.69) is 23.2 Å². The summed E-state index contributed by atoms with van der Waals surface area (Å²) in [5, 5.41) is 0. The van der Waals surface area contributed by atoms with E-state index >= 15 is 0 Å². The van der Waals surface area contributed by atoms with Crippen molar-refractivity contribution in [2.75, 3.05) is 20.3 Å². The largest absolute Gasteiger partial charge is 0.469 e. The zero-order valence-corrected chi connectivity index (χ0v) is 15.6.